The number of rotatable bonds is 3. The first-order valence-corrected chi connectivity index (χ1v) is 8.36. The minimum atomic E-state index is -1.18. The van der Waals surface area contributed by atoms with Crippen molar-refractivity contribution in [1.82, 2.24) is 19.4 Å². The van der Waals surface area contributed by atoms with Crippen LogP contribution in [0, 0.1) is 0 Å². The van der Waals surface area contributed by atoms with Crippen molar-refractivity contribution in [2.24, 2.45) is 7.05 Å². The Morgan fingerprint density at radius 2 is 2.16 bits per heavy atom. The number of nitrogens with zero attached hydrogens (tertiary/aromatic N) is 4. The van der Waals surface area contributed by atoms with E-state index in [1.807, 2.05) is 0 Å². The SMILES string of the molecule is Cn1c(CN2CCC2)nc2sc([S+](C)[O-])nc2c1=O. The highest BCUT2D eigenvalue weighted by Gasteiger charge is 2.21. The molecule has 0 bridgehead atoms. The third-order valence-electron chi connectivity index (χ3n) is 3.27. The molecule has 2 aromatic rings. The quantitative estimate of drug-likeness (QED) is 0.764. The van der Waals surface area contributed by atoms with Gasteiger partial charge in [-0.1, -0.05) is 0 Å². The van der Waals surface area contributed by atoms with Gasteiger partial charge in [-0.15, -0.1) is 0 Å². The summed E-state index contributed by atoms with van der Waals surface area (Å²) < 4.78 is 13.4. The highest BCUT2D eigenvalue weighted by molar-refractivity contribution is 7.92. The van der Waals surface area contributed by atoms with Crippen LogP contribution in [0.3, 0.4) is 0 Å². The van der Waals surface area contributed by atoms with Crippen LogP contribution in [0.25, 0.3) is 10.3 Å². The molecular formula is C11H14N4O2S2. The zero-order valence-electron chi connectivity index (χ0n) is 10.8. The van der Waals surface area contributed by atoms with Crippen LogP contribution in [0.15, 0.2) is 9.13 Å². The maximum atomic E-state index is 12.2. The number of likely N-dealkylation sites (tertiary alicyclic amines) is 1. The molecule has 3 rings (SSSR count). The molecule has 3 heterocycles. The summed E-state index contributed by atoms with van der Waals surface area (Å²) in [5.74, 6) is 0.745. The Morgan fingerprint density at radius 1 is 1.42 bits per heavy atom. The van der Waals surface area contributed by atoms with Gasteiger partial charge in [-0.2, -0.15) is 4.98 Å². The van der Waals surface area contributed by atoms with E-state index in [0.717, 1.165) is 18.9 Å². The van der Waals surface area contributed by atoms with Gasteiger partial charge < -0.3 is 4.55 Å². The minimum Gasteiger partial charge on any atom is -0.610 e. The maximum absolute atomic E-state index is 12.2. The summed E-state index contributed by atoms with van der Waals surface area (Å²) in [7, 11) is 1.71. The van der Waals surface area contributed by atoms with Crippen LogP contribution in [-0.2, 0) is 24.8 Å². The molecule has 0 aliphatic carbocycles. The fourth-order valence-corrected chi connectivity index (χ4v) is 3.59. The van der Waals surface area contributed by atoms with E-state index in [2.05, 4.69) is 14.9 Å². The summed E-state index contributed by atoms with van der Waals surface area (Å²) in [5.41, 5.74) is 0.165. The van der Waals surface area contributed by atoms with Crippen molar-refractivity contribution in [1.29, 1.82) is 0 Å². The number of thiazole rings is 1. The van der Waals surface area contributed by atoms with Gasteiger partial charge in [0.1, 0.15) is 12.1 Å². The van der Waals surface area contributed by atoms with Crippen molar-refractivity contribution >= 4 is 32.9 Å². The summed E-state index contributed by atoms with van der Waals surface area (Å²) >= 11 is 0.0655. The number of hydrogen-bond acceptors (Lipinski definition) is 6. The first kappa shape index (κ1) is 13.0. The van der Waals surface area contributed by atoms with Crippen LogP contribution in [0.1, 0.15) is 12.2 Å². The molecule has 0 amide bonds. The Balaban J connectivity index is 2.08. The van der Waals surface area contributed by atoms with Gasteiger partial charge >= 0.3 is 4.34 Å². The Bertz CT molecular complexity index is 675. The molecule has 1 aliphatic heterocycles. The second kappa shape index (κ2) is 4.86. The van der Waals surface area contributed by atoms with E-state index >= 15 is 0 Å². The molecule has 8 heteroatoms. The molecule has 102 valence electrons. The first-order valence-electron chi connectivity index (χ1n) is 5.98. The maximum Gasteiger partial charge on any atom is 0.304 e. The van der Waals surface area contributed by atoms with Gasteiger partial charge in [0.15, 0.2) is 10.3 Å². The Hall–Kier alpha value is -0.960. The van der Waals surface area contributed by atoms with Crippen molar-refractivity contribution < 1.29 is 4.55 Å². The molecule has 6 nitrogen and oxygen atoms in total. The lowest BCUT2D eigenvalue weighted by Crippen LogP contribution is -2.38. The Morgan fingerprint density at radius 3 is 2.74 bits per heavy atom. The lowest BCUT2D eigenvalue weighted by molar-refractivity contribution is 0.166. The van der Waals surface area contributed by atoms with Crippen molar-refractivity contribution in [3.05, 3.63) is 16.2 Å². The molecule has 2 aromatic heterocycles. The van der Waals surface area contributed by atoms with Crippen molar-refractivity contribution in [2.45, 2.75) is 17.3 Å². The number of hydrogen-bond donors (Lipinski definition) is 0. The van der Waals surface area contributed by atoms with E-state index < -0.39 is 11.2 Å². The molecule has 1 atom stereocenters. The van der Waals surface area contributed by atoms with Gasteiger partial charge in [0.05, 0.1) is 6.54 Å². The van der Waals surface area contributed by atoms with Crippen LogP contribution in [0.2, 0.25) is 0 Å². The molecule has 1 fully saturated rings. The lowest BCUT2D eigenvalue weighted by atomic mass is 10.2. The van der Waals surface area contributed by atoms with Gasteiger partial charge in [-0.05, 0) is 30.8 Å². The first-order chi connectivity index (χ1) is 9.06. The molecule has 1 saturated heterocycles. The molecule has 0 saturated carbocycles. The molecule has 0 aromatic carbocycles. The fraction of sp³-hybridized carbons (Fsp3) is 0.545. The van der Waals surface area contributed by atoms with E-state index in [0.29, 0.717) is 21.2 Å². The van der Waals surface area contributed by atoms with Crippen molar-refractivity contribution in [3.63, 3.8) is 0 Å². The molecular weight excluding hydrogens is 284 g/mol. The second-order valence-corrected chi connectivity index (χ2v) is 7.14. The van der Waals surface area contributed by atoms with Crippen LogP contribution in [0.5, 0.6) is 0 Å². The van der Waals surface area contributed by atoms with Crippen molar-refractivity contribution in [3.8, 4) is 0 Å². The Kier molecular flexibility index (Phi) is 3.34. The van der Waals surface area contributed by atoms with Gasteiger partial charge in [-0.3, -0.25) is 14.3 Å². The molecule has 19 heavy (non-hydrogen) atoms. The van der Waals surface area contributed by atoms with E-state index in [-0.39, 0.29) is 5.56 Å². The largest absolute Gasteiger partial charge is 0.610 e. The van der Waals surface area contributed by atoms with Gasteiger partial charge in [0, 0.05) is 18.2 Å². The van der Waals surface area contributed by atoms with Crippen LogP contribution < -0.4 is 5.56 Å². The van der Waals surface area contributed by atoms with Gasteiger partial charge in [-0.25, -0.2) is 4.98 Å². The van der Waals surface area contributed by atoms with Gasteiger partial charge in [0.25, 0.3) is 5.56 Å². The fourth-order valence-electron chi connectivity index (χ4n) is 1.98. The summed E-state index contributed by atoms with van der Waals surface area (Å²) in [4.78, 5) is 23.7. The van der Waals surface area contributed by atoms with Crippen LogP contribution in [0.4, 0.5) is 0 Å². The second-order valence-electron chi connectivity index (χ2n) is 4.61. The third-order valence-corrected chi connectivity index (χ3v) is 5.56. The van der Waals surface area contributed by atoms with Gasteiger partial charge in [0.2, 0.25) is 0 Å². The van der Waals surface area contributed by atoms with Crippen molar-refractivity contribution in [2.75, 3.05) is 19.3 Å². The standard InChI is InChI=1S/C11H14N4O2S2/c1-14-7(6-15-4-3-5-15)12-9-8(10(14)16)13-11(18-9)19(2)17/h3-6H2,1-2H3. The zero-order chi connectivity index (χ0) is 13.6. The van der Waals surface area contributed by atoms with Crippen LogP contribution >= 0.6 is 11.3 Å². The van der Waals surface area contributed by atoms with E-state index in [1.54, 1.807) is 17.9 Å². The minimum absolute atomic E-state index is 0.159. The number of fused-ring (bicyclic) bond motifs is 1. The van der Waals surface area contributed by atoms with Crippen LogP contribution in [-0.4, -0.2) is 43.3 Å². The normalized spacial score (nSPS) is 17.6. The third kappa shape index (κ3) is 2.29. The molecule has 1 unspecified atom stereocenters. The highest BCUT2D eigenvalue weighted by atomic mass is 32.2. The summed E-state index contributed by atoms with van der Waals surface area (Å²) in [5, 5.41) is 0. The average molecular weight is 298 g/mol. The molecule has 0 N–H and O–H groups in total. The summed E-state index contributed by atoms with van der Waals surface area (Å²) in [6, 6.07) is 0. The summed E-state index contributed by atoms with van der Waals surface area (Å²) in [6.07, 6.45) is 2.76. The summed E-state index contributed by atoms with van der Waals surface area (Å²) in [6.45, 7) is 2.80. The topological polar surface area (TPSA) is 74.1 Å². The number of aromatic nitrogens is 3. The van der Waals surface area contributed by atoms with E-state index in [9.17, 15) is 9.35 Å². The molecule has 0 spiro atoms. The van der Waals surface area contributed by atoms with E-state index in [1.165, 1.54) is 17.8 Å². The lowest BCUT2D eigenvalue weighted by Gasteiger charge is -2.30. The smallest absolute Gasteiger partial charge is 0.304 e. The molecule has 1 aliphatic rings. The predicted octanol–water partition coefficient (Wildman–Crippen LogP) is 0.333. The monoisotopic (exact) mass is 298 g/mol. The van der Waals surface area contributed by atoms with E-state index in [4.69, 9.17) is 0 Å². The molecule has 0 radical (unpaired) electrons. The highest BCUT2D eigenvalue weighted by Crippen LogP contribution is 2.22. The predicted molar refractivity (Wildman–Crippen MR) is 74.9 cm³/mol. The Labute approximate surface area is 117 Å². The average Bonchev–Trinajstić information content (AvgIpc) is 2.74. The zero-order valence-corrected chi connectivity index (χ0v) is 12.4.